The minimum absolute atomic E-state index is 0.145. The van der Waals surface area contributed by atoms with E-state index in [2.05, 4.69) is 4.40 Å². The van der Waals surface area contributed by atoms with Crippen LogP contribution in [0.5, 0.6) is 0 Å². The summed E-state index contributed by atoms with van der Waals surface area (Å²) in [5.41, 5.74) is 1.30. The van der Waals surface area contributed by atoms with Gasteiger partial charge in [0.05, 0.1) is 5.71 Å². The molecule has 4 nitrogen and oxygen atoms in total. The van der Waals surface area contributed by atoms with Crippen LogP contribution in [0.4, 0.5) is 0 Å². The second kappa shape index (κ2) is 4.81. The summed E-state index contributed by atoms with van der Waals surface area (Å²) in [5.74, 6) is -0.145. The van der Waals surface area contributed by atoms with Crippen molar-refractivity contribution in [2.75, 3.05) is 0 Å². The van der Waals surface area contributed by atoms with E-state index in [0.717, 1.165) is 11.3 Å². The zero-order chi connectivity index (χ0) is 14.2. The molecule has 0 fully saturated rings. The Balaban J connectivity index is 2.14. The molecule has 2 aromatic rings. The standard InChI is InChI=1S/C14H9NO3S2/c16-13-8-7-12(10-4-1-2-5-11(10)13)15-20(17,18)14-6-3-9-19-14/h1-9H/b15-12+. The number of allylic oxidation sites excluding steroid dienone is 2. The molecular formula is C14H9NO3S2. The first-order chi connectivity index (χ1) is 9.58. The largest absolute Gasteiger partial charge is 0.292 e. The highest BCUT2D eigenvalue weighted by molar-refractivity contribution is 7.92. The maximum absolute atomic E-state index is 12.2. The van der Waals surface area contributed by atoms with E-state index >= 15 is 0 Å². The van der Waals surface area contributed by atoms with E-state index in [1.54, 1.807) is 35.7 Å². The Labute approximate surface area is 120 Å². The van der Waals surface area contributed by atoms with Crippen molar-refractivity contribution < 1.29 is 13.2 Å². The topological polar surface area (TPSA) is 63.6 Å². The number of carbonyl (C=O) groups excluding carboxylic acids is 1. The highest BCUT2D eigenvalue weighted by Crippen LogP contribution is 2.22. The Morgan fingerprint density at radius 2 is 1.70 bits per heavy atom. The van der Waals surface area contributed by atoms with Crippen molar-refractivity contribution in [2.45, 2.75) is 4.21 Å². The molecule has 0 bridgehead atoms. The van der Waals surface area contributed by atoms with Gasteiger partial charge < -0.3 is 0 Å². The molecule has 0 unspecified atom stereocenters. The molecule has 0 aliphatic heterocycles. The van der Waals surface area contributed by atoms with Gasteiger partial charge in [0.25, 0.3) is 10.0 Å². The van der Waals surface area contributed by atoms with Crippen LogP contribution >= 0.6 is 11.3 Å². The summed E-state index contributed by atoms with van der Waals surface area (Å²) in [6, 6.07) is 10.0. The van der Waals surface area contributed by atoms with Crippen molar-refractivity contribution in [1.82, 2.24) is 0 Å². The molecule has 1 aromatic carbocycles. The van der Waals surface area contributed by atoms with Gasteiger partial charge in [-0.1, -0.05) is 30.3 Å². The summed E-state index contributed by atoms with van der Waals surface area (Å²) < 4.78 is 28.3. The van der Waals surface area contributed by atoms with Gasteiger partial charge in [0.1, 0.15) is 4.21 Å². The third kappa shape index (κ3) is 2.23. The van der Waals surface area contributed by atoms with Crippen molar-refractivity contribution in [1.29, 1.82) is 0 Å². The van der Waals surface area contributed by atoms with E-state index in [0.29, 0.717) is 11.1 Å². The Hall–Kier alpha value is -2.05. The second-order valence-electron chi connectivity index (χ2n) is 4.13. The monoisotopic (exact) mass is 303 g/mol. The number of rotatable bonds is 2. The molecule has 0 saturated carbocycles. The molecule has 0 amide bonds. The minimum atomic E-state index is -3.73. The van der Waals surface area contributed by atoms with Crippen LogP contribution in [0.25, 0.3) is 0 Å². The average Bonchev–Trinajstić information content (AvgIpc) is 2.97. The summed E-state index contributed by atoms with van der Waals surface area (Å²) in [6.07, 6.45) is 2.78. The highest BCUT2D eigenvalue weighted by atomic mass is 32.2. The van der Waals surface area contributed by atoms with Crippen LogP contribution in [0.2, 0.25) is 0 Å². The third-order valence-electron chi connectivity index (χ3n) is 2.83. The number of benzene rings is 1. The van der Waals surface area contributed by atoms with Gasteiger partial charge in [-0.05, 0) is 23.6 Å². The van der Waals surface area contributed by atoms with Crippen LogP contribution in [-0.2, 0) is 10.0 Å². The molecule has 0 N–H and O–H groups in total. The maximum atomic E-state index is 12.2. The molecule has 0 saturated heterocycles. The molecule has 100 valence electrons. The van der Waals surface area contributed by atoms with Gasteiger partial charge in [-0.2, -0.15) is 12.8 Å². The molecule has 1 aliphatic rings. The van der Waals surface area contributed by atoms with E-state index in [1.807, 2.05) is 0 Å². The first-order valence-electron chi connectivity index (χ1n) is 5.78. The van der Waals surface area contributed by atoms with Crippen molar-refractivity contribution in [2.24, 2.45) is 4.40 Å². The molecule has 6 heteroatoms. The second-order valence-corrected chi connectivity index (χ2v) is 6.91. The molecule has 3 rings (SSSR count). The highest BCUT2D eigenvalue weighted by Gasteiger charge is 2.20. The van der Waals surface area contributed by atoms with Crippen LogP contribution < -0.4 is 0 Å². The fourth-order valence-corrected chi connectivity index (χ4v) is 3.89. The lowest BCUT2D eigenvalue weighted by molar-refractivity contribution is 0.104. The van der Waals surface area contributed by atoms with Crippen molar-refractivity contribution in [3.63, 3.8) is 0 Å². The van der Waals surface area contributed by atoms with Crippen LogP contribution in [0.3, 0.4) is 0 Å². The number of hydrogen-bond donors (Lipinski definition) is 0. The molecule has 1 aromatic heterocycles. The minimum Gasteiger partial charge on any atom is -0.289 e. The van der Waals surface area contributed by atoms with Gasteiger partial charge in [0.2, 0.25) is 0 Å². The zero-order valence-electron chi connectivity index (χ0n) is 10.2. The smallest absolute Gasteiger partial charge is 0.289 e. The van der Waals surface area contributed by atoms with Gasteiger partial charge in [-0.25, -0.2) is 0 Å². The number of fused-ring (bicyclic) bond motifs is 1. The molecule has 0 spiro atoms. The van der Waals surface area contributed by atoms with Crippen LogP contribution in [0.15, 0.2) is 62.5 Å². The van der Waals surface area contributed by atoms with Crippen molar-refractivity contribution in [3.05, 3.63) is 65.1 Å². The van der Waals surface area contributed by atoms with E-state index in [9.17, 15) is 13.2 Å². The van der Waals surface area contributed by atoms with Gasteiger partial charge in [-0.3, -0.25) is 4.79 Å². The fourth-order valence-electron chi connectivity index (χ4n) is 1.92. The van der Waals surface area contributed by atoms with Gasteiger partial charge >= 0.3 is 0 Å². The van der Waals surface area contributed by atoms with Gasteiger partial charge in [0.15, 0.2) is 5.78 Å². The first kappa shape index (κ1) is 13.0. The van der Waals surface area contributed by atoms with Crippen LogP contribution in [0, 0.1) is 0 Å². The first-order valence-corrected chi connectivity index (χ1v) is 8.10. The third-order valence-corrected chi connectivity index (χ3v) is 5.49. The van der Waals surface area contributed by atoms with Gasteiger partial charge in [-0.15, -0.1) is 11.3 Å². The Kier molecular flexibility index (Phi) is 3.11. The van der Waals surface area contributed by atoms with E-state index < -0.39 is 10.0 Å². The molecule has 0 atom stereocenters. The van der Waals surface area contributed by atoms with Crippen LogP contribution in [0.1, 0.15) is 15.9 Å². The normalized spacial score (nSPS) is 16.4. The Bertz CT molecular complexity index is 831. The Morgan fingerprint density at radius 1 is 0.950 bits per heavy atom. The summed E-state index contributed by atoms with van der Waals surface area (Å²) in [4.78, 5) is 11.7. The summed E-state index contributed by atoms with van der Waals surface area (Å²) in [5, 5.41) is 1.68. The zero-order valence-corrected chi connectivity index (χ0v) is 11.8. The molecule has 0 radical (unpaired) electrons. The number of thiophene rings is 1. The van der Waals surface area contributed by atoms with Crippen molar-refractivity contribution in [3.8, 4) is 0 Å². The lowest BCUT2D eigenvalue weighted by Gasteiger charge is -2.11. The predicted octanol–water partition coefficient (Wildman–Crippen LogP) is 2.68. The van der Waals surface area contributed by atoms with E-state index in [-0.39, 0.29) is 15.7 Å². The summed E-state index contributed by atoms with van der Waals surface area (Å²) >= 11 is 1.11. The molecule has 1 aliphatic carbocycles. The molecule has 1 heterocycles. The number of hydrogen-bond acceptors (Lipinski definition) is 4. The molecular weight excluding hydrogens is 294 g/mol. The number of sulfonamides is 1. The fraction of sp³-hybridized carbons (Fsp3) is 0. The van der Waals surface area contributed by atoms with Crippen molar-refractivity contribution >= 4 is 32.9 Å². The predicted molar refractivity (Wildman–Crippen MR) is 78.0 cm³/mol. The number of nitrogens with zero attached hydrogens (tertiary/aromatic N) is 1. The van der Waals surface area contributed by atoms with Gasteiger partial charge in [0, 0.05) is 11.1 Å². The SMILES string of the molecule is O=C1C=C/C(=N\S(=O)(=O)c2cccs2)c2ccccc21. The summed E-state index contributed by atoms with van der Waals surface area (Å²) in [6.45, 7) is 0. The summed E-state index contributed by atoms with van der Waals surface area (Å²) in [7, 11) is -3.73. The number of carbonyl (C=O) groups is 1. The Morgan fingerprint density at radius 3 is 2.40 bits per heavy atom. The lowest BCUT2D eigenvalue weighted by Crippen LogP contribution is -2.13. The molecule has 20 heavy (non-hydrogen) atoms. The van der Waals surface area contributed by atoms with E-state index in [1.165, 1.54) is 18.2 Å². The quantitative estimate of drug-likeness (QED) is 0.857. The average molecular weight is 303 g/mol. The maximum Gasteiger partial charge on any atom is 0.292 e. The van der Waals surface area contributed by atoms with E-state index in [4.69, 9.17) is 0 Å². The van der Waals surface area contributed by atoms with Crippen LogP contribution in [-0.4, -0.2) is 19.9 Å². The number of ketones is 1. The lowest BCUT2D eigenvalue weighted by atomic mass is 9.95.